The first-order valence-corrected chi connectivity index (χ1v) is 6.64. The van der Waals surface area contributed by atoms with E-state index >= 15 is 0 Å². The lowest BCUT2D eigenvalue weighted by Gasteiger charge is -2.02. The fraction of sp³-hybridized carbons (Fsp3) is 0.455. The summed E-state index contributed by atoms with van der Waals surface area (Å²) in [5, 5.41) is 6.89. The average Bonchev–Trinajstić information content (AvgIpc) is 2.70. The number of rotatable bonds is 7. The molecule has 0 radical (unpaired) electrons. The second kappa shape index (κ2) is 7.01. The Labute approximate surface area is 105 Å². The highest BCUT2D eigenvalue weighted by molar-refractivity contribution is 7.99. The predicted octanol–water partition coefficient (Wildman–Crippen LogP) is 1.13. The van der Waals surface area contributed by atoms with Crippen molar-refractivity contribution < 1.29 is 4.79 Å². The van der Waals surface area contributed by atoms with Gasteiger partial charge in [-0.15, -0.1) is 6.58 Å². The maximum absolute atomic E-state index is 11.7. The molecule has 1 amide bonds. The number of aryl methyl sites for hydroxylation is 1. The molecule has 3 N–H and O–H groups in total. The zero-order valence-corrected chi connectivity index (χ0v) is 10.8. The Morgan fingerprint density at radius 3 is 3.12 bits per heavy atom. The maximum Gasteiger partial charge on any atom is 0.273 e. The fourth-order valence-electron chi connectivity index (χ4n) is 1.26. The Morgan fingerprint density at radius 2 is 2.53 bits per heavy atom. The minimum atomic E-state index is -0.214. The molecule has 0 aliphatic carbocycles. The van der Waals surface area contributed by atoms with Crippen molar-refractivity contribution in [2.24, 2.45) is 0 Å². The molecule has 0 saturated heterocycles. The summed E-state index contributed by atoms with van der Waals surface area (Å²) in [5.74, 6) is 1.53. The molecule has 0 aliphatic rings. The minimum absolute atomic E-state index is 0.214. The van der Waals surface area contributed by atoms with Crippen molar-refractivity contribution in [3.8, 4) is 0 Å². The zero-order chi connectivity index (χ0) is 12.7. The Hall–Kier alpha value is -1.43. The molecular weight excluding hydrogens is 236 g/mol. The molecule has 6 heteroatoms. The molecule has 1 aromatic heterocycles. The van der Waals surface area contributed by atoms with Crippen molar-refractivity contribution in [1.82, 2.24) is 15.1 Å². The van der Waals surface area contributed by atoms with Gasteiger partial charge in [-0.2, -0.15) is 16.9 Å². The van der Waals surface area contributed by atoms with Crippen molar-refractivity contribution in [3.05, 3.63) is 24.5 Å². The highest BCUT2D eigenvalue weighted by Gasteiger charge is 2.13. The van der Waals surface area contributed by atoms with Gasteiger partial charge in [0.1, 0.15) is 0 Å². The molecule has 0 aromatic carbocycles. The standard InChI is InChI=1S/C11H18N4OS/c1-3-6-17-7-5-13-11(16)10-9(12)8-15(4-2)14-10/h3,8H,1,4-7,12H2,2H3,(H,13,16). The number of thioether (sulfide) groups is 1. The van der Waals surface area contributed by atoms with E-state index in [1.54, 1.807) is 22.6 Å². The molecular formula is C11H18N4OS. The third kappa shape index (κ3) is 4.14. The second-order valence-electron chi connectivity index (χ2n) is 3.41. The van der Waals surface area contributed by atoms with Crippen LogP contribution in [0.2, 0.25) is 0 Å². The zero-order valence-electron chi connectivity index (χ0n) is 9.98. The molecule has 94 valence electrons. The van der Waals surface area contributed by atoms with Crippen LogP contribution in [-0.4, -0.2) is 33.7 Å². The molecule has 17 heavy (non-hydrogen) atoms. The third-order valence-corrected chi connectivity index (χ3v) is 3.06. The van der Waals surface area contributed by atoms with Crippen molar-refractivity contribution in [2.45, 2.75) is 13.5 Å². The number of anilines is 1. The lowest BCUT2D eigenvalue weighted by atomic mass is 10.3. The van der Waals surface area contributed by atoms with Gasteiger partial charge in [0.25, 0.3) is 5.91 Å². The van der Waals surface area contributed by atoms with Crippen molar-refractivity contribution in [3.63, 3.8) is 0 Å². The minimum Gasteiger partial charge on any atom is -0.396 e. The Balaban J connectivity index is 2.41. The largest absolute Gasteiger partial charge is 0.396 e. The molecule has 0 aliphatic heterocycles. The first-order chi connectivity index (χ1) is 8.19. The normalized spacial score (nSPS) is 10.2. The van der Waals surface area contributed by atoms with E-state index in [2.05, 4.69) is 17.0 Å². The molecule has 0 spiro atoms. The molecule has 1 rings (SSSR count). The van der Waals surface area contributed by atoms with E-state index in [-0.39, 0.29) is 5.91 Å². The van der Waals surface area contributed by atoms with Gasteiger partial charge in [-0.05, 0) is 6.92 Å². The average molecular weight is 254 g/mol. The van der Waals surface area contributed by atoms with Crippen LogP contribution in [0, 0.1) is 0 Å². The number of carbonyl (C=O) groups is 1. The highest BCUT2D eigenvalue weighted by atomic mass is 32.2. The van der Waals surface area contributed by atoms with Crippen molar-refractivity contribution >= 4 is 23.4 Å². The molecule has 0 fully saturated rings. The van der Waals surface area contributed by atoms with Crippen LogP contribution in [0.3, 0.4) is 0 Å². The maximum atomic E-state index is 11.7. The van der Waals surface area contributed by atoms with E-state index in [4.69, 9.17) is 5.73 Å². The smallest absolute Gasteiger partial charge is 0.273 e. The summed E-state index contributed by atoms with van der Waals surface area (Å²) in [7, 11) is 0. The summed E-state index contributed by atoms with van der Waals surface area (Å²) in [6.07, 6.45) is 3.51. The van der Waals surface area contributed by atoms with Gasteiger partial charge >= 0.3 is 0 Å². The Bertz CT molecular complexity index is 389. The summed E-state index contributed by atoms with van der Waals surface area (Å²) < 4.78 is 1.65. The van der Waals surface area contributed by atoms with Crippen LogP contribution < -0.4 is 11.1 Å². The number of aromatic nitrogens is 2. The number of carbonyl (C=O) groups excluding carboxylic acids is 1. The number of nitrogens with one attached hydrogen (secondary N) is 1. The monoisotopic (exact) mass is 254 g/mol. The number of nitrogen functional groups attached to an aromatic ring is 1. The van der Waals surface area contributed by atoms with Crippen LogP contribution in [0.25, 0.3) is 0 Å². The first kappa shape index (κ1) is 13.6. The van der Waals surface area contributed by atoms with Gasteiger partial charge in [0.15, 0.2) is 5.69 Å². The Morgan fingerprint density at radius 1 is 1.76 bits per heavy atom. The molecule has 0 saturated carbocycles. The van der Waals surface area contributed by atoms with Gasteiger partial charge in [-0.25, -0.2) is 0 Å². The lowest BCUT2D eigenvalue weighted by Crippen LogP contribution is -2.27. The van der Waals surface area contributed by atoms with Crippen LogP contribution in [0.5, 0.6) is 0 Å². The lowest BCUT2D eigenvalue weighted by molar-refractivity contribution is 0.0951. The van der Waals surface area contributed by atoms with Gasteiger partial charge in [0, 0.05) is 30.8 Å². The molecule has 0 bridgehead atoms. The van der Waals surface area contributed by atoms with E-state index in [9.17, 15) is 4.79 Å². The predicted molar refractivity (Wildman–Crippen MR) is 72.2 cm³/mol. The van der Waals surface area contributed by atoms with Crippen LogP contribution in [0.15, 0.2) is 18.9 Å². The fourth-order valence-corrected chi connectivity index (χ4v) is 1.84. The molecule has 1 heterocycles. The third-order valence-electron chi connectivity index (χ3n) is 2.10. The van der Waals surface area contributed by atoms with Crippen LogP contribution in [0.4, 0.5) is 5.69 Å². The Kier molecular flexibility index (Phi) is 5.62. The number of hydrogen-bond acceptors (Lipinski definition) is 4. The first-order valence-electron chi connectivity index (χ1n) is 5.48. The van der Waals surface area contributed by atoms with Crippen LogP contribution in [0.1, 0.15) is 17.4 Å². The SMILES string of the molecule is C=CCSCCNC(=O)c1nn(CC)cc1N. The van der Waals surface area contributed by atoms with Crippen molar-refractivity contribution in [2.75, 3.05) is 23.8 Å². The second-order valence-corrected chi connectivity index (χ2v) is 4.56. The quantitative estimate of drug-likeness (QED) is 0.565. The number of amides is 1. The summed E-state index contributed by atoms with van der Waals surface area (Å²) in [6.45, 7) is 6.88. The van der Waals surface area contributed by atoms with Gasteiger partial charge in [-0.1, -0.05) is 6.08 Å². The molecule has 0 unspecified atom stereocenters. The number of nitrogens with zero attached hydrogens (tertiary/aromatic N) is 2. The summed E-state index contributed by atoms with van der Waals surface area (Å²) in [5.41, 5.74) is 6.43. The summed E-state index contributed by atoms with van der Waals surface area (Å²) in [4.78, 5) is 11.7. The van der Waals surface area contributed by atoms with Gasteiger partial charge in [-0.3, -0.25) is 9.48 Å². The topological polar surface area (TPSA) is 72.9 Å². The summed E-state index contributed by atoms with van der Waals surface area (Å²) >= 11 is 1.71. The van der Waals surface area contributed by atoms with Crippen molar-refractivity contribution in [1.29, 1.82) is 0 Å². The van der Waals surface area contributed by atoms with Gasteiger partial charge < -0.3 is 11.1 Å². The number of nitrogens with two attached hydrogens (primary N) is 1. The van der Waals surface area contributed by atoms with E-state index in [0.717, 1.165) is 11.5 Å². The van der Waals surface area contributed by atoms with E-state index in [1.165, 1.54) is 0 Å². The summed E-state index contributed by atoms with van der Waals surface area (Å²) in [6, 6.07) is 0. The molecule has 1 aromatic rings. The number of hydrogen-bond donors (Lipinski definition) is 2. The van der Waals surface area contributed by atoms with E-state index < -0.39 is 0 Å². The van der Waals surface area contributed by atoms with E-state index in [0.29, 0.717) is 24.5 Å². The van der Waals surface area contributed by atoms with E-state index in [1.807, 2.05) is 13.0 Å². The van der Waals surface area contributed by atoms with Crippen LogP contribution in [-0.2, 0) is 6.54 Å². The highest BCUT2D eigenvalue weighted by Crippen LogP contribution is 2.08. The molecule has 0 atom stereocenters. The molecule has 5 nitrogen and oxygen atoms in total. The van der Waals surface area contributed by atoms with Gasteiger partial charge in [0.05, 0.1) is 5.69 Å². The van der Waals surface area contributed by atoms with Gasteiger partial charge in [0.2, 0.25) is 0 Å². The van der Waals surface area contributed by atoms with Crippen LogP contribution >= 0.6 is 11.8 Å².